The second-order valence-corrected chi connectivity index (χ2v) is 6.44. The second kappa shape index (κ2) is 7.67. The minimum atomic E-state index is -0.887. The molecule has 0 aliphatic heterocycles. The van der Waals surface area contributed by atoms with E-state index in [1.165, 1.54) is 0 Å². The van der Waals surface area contributed by atoms with Crippen LogP contribution in [-0.2, 0) is 0 Å². The number of anilines is 1. The number of rotatable bonds is 7. The van der Waals surface area contributed by atoms with Gasteiger partial charge in [0.05, 0.1) is 5.56 Å². The highest BCUT2D eigenvalue weighted by atomic mass is 79.9. The molecule has 1 rings (SSSR count). The minimum absolute atomic E-state index is 0.328. The highest BCUT2D eigenvalue weighted by molar-refractivity contribution is 9.10. The first-order chi connectivity index (χ1) is 9.38. The summed E-state index contributed by atoms with van der Waals surface area (Å²) < 4.78 is 0.812. The number of halogens is 1. The Balaban J connectivity index is 3.21. The predicted molar refractivity (Wildman–Crippen MR) is 87.7 cm³/mol. The molecule has 0 unspecified atom stereocenters. The van der Waals surface area contributed by atoms with Crippen LogP contribution < -0.4 is 4.90 Å². The molecule has 0 radical (unpaired) electrons. The molecule has 0 saturated carbocycles. The Morgan fingerprint density at radius 1 is 1.25 bits per heavy atom. The Morgan fingerprint density at radius 3 is 2.30 bits per heavy atom. The van der Waals surface area contributed by atoms with E-state index in [9.17, 15) is 9.90 Å². The molecule has 4 heteroatoms. The molecular formula is C16H24BrNO2. The third kappa shape index (κ3) is 4.51. The lowest BCUT2D eigenvalue weighted by Crippen LogP contribution is -2.37. The standard InChI is InChI=1S/C16H24BrNO2/c1-5-14(6-2)18(10-11(3)4)15-8-12(16(19)20)7-13(17)9-15/h7-9,11,14H,5-6,10H2,1-4H3,(H,19,20). The van der Waals surface area contributed by atoms with Crippen molar-refractivity contribution in [1.82, 2.24) is 0 Å². The molecule has 3 nitrogen and oxygen atoms in total. The van der Waals surface area contributed by atoms with E-state index in [2.05, 4.69) is 48.5 Å². The summed E-state index contributed by atoms with van der Waals surface area (Å²) in [5, 5.41) is 9.21. The topological polar surface area (TPSA) is 40.5 Å². The molecule has 0 bridgehead atoms. The monoisotopic (exact) mass is 341 g/mol. The van der Waals surface area contributed by atoms with Gasteiger partial charge >= 0.3 is 5.97 Å². The molecule has 1 aromatic rings. The van der Waals surface area contributed by atoms with Crippen LogP contribution in [0.5, 0.6) is 0 Å². The zero-order valence-corrected chi connectivity index (χ0v) is 14.3. The van der Waals surface area contributed by atoms with Gasteiger partial charge in [-0.05, 0) is 37.0 Å². The summed E-state index contributed by atoms with van der Waals surface area (Å²) in [5.41, 5.74) is 1.31. The number of aromatic carboxylic acids is 1. The highest BCUT2D eigenvalue weighted by Gasteiger charge is 2.19. The molecular weight excluding hydrogens is 318 g/mol. The van der Waals surface area contributed by atoms with Crippen LogP contribution in [0, 0.1) is 5.92 Å². The van der Waals surface area contributed by atoms with Gasteiger partial charge in [0.2, 0.25) is 0 Å². The Labute approximate surface area is 130 Å². The van der Waals surface area contributed by atoms with E-state index in [1.54, 1.807) is 12.1 Å². The highest BCUT2D eigenvalue weighted by Crippen LogP contribution is 2.27. The van der Waals surface area contributed by atoms with Crippen LogP contribution in [0.1, 0.15) is 50.9 Å². The zero-order chi connectivity index (χ0) is 15.3. The van der Waals surface area contributed by atoms with Crippen molar-refractivity contribution >= 4 is 27.6 Å². The summed E-state index contributed by atoms with van der Waals surface area (Å²) in [6, 6.07) is 5.86. The van der Waals surface area contributed by atoms with Gasteiger partial charge in [-0.3, -0.25) is 0 Å². The zero-order valence-electron chi connectivity index (χ0n) is 12.7. The molecule has 0 saturated heterocycles. The van der Waals surface area contributed by atoms with Gasteiger partial charge in [0.25, 0.3) is 0 Å². The average Bonchev–Trinajstić information content (AvgIpc) is 2.37. The van der Waals surface area contributed by atoms with Crippen molar-refractivity contribution in [1.29, 1.82) is 0 Å². The van der Waals surface area contributed by atoms with Crippen molar-refractivity contribution in [2.45, 2.75) is 46.6 Å². The summed E-state index contributed by atoms with van der Waals surface area (Å²) in [6.07, 6.45) is 2.11. The Morgan fingerprint density at radius 2 is 1.85 bits per heavy atom. The van der Waals surface area contributed by atoms with Gasteiger partial charge in [0.15, 0.2) is 0 Å². The number of nitrogens with zero attached hydrogens (tertiary/aromatic N) is 1. The first-order valence-electron chi connectivity index (χ1n) is 7.19. The van der Waals surface area contributed by atoms with E-state index in [1.807, 2.05) is 6.07 Å². The van der Waals surface area contributed by atoms with Crippen molar-refractivity contribution in [3.63, 3.8) is 0 Å². The smallest absolute Gasteiger partial charge is 0.335 e. The number of carbonyl (C=O) groups is 1. The van der Waals surface area contributed by atoms with Gasteiger partial charge in [0.1, 0.15) is 0 Å². The summed E-state index contributed by atoms with van der Waals surface area (Å²) in [4.78, 5) is 13.6. The molecule has 20 heavy (non-hydrogen) atoms. The first-order valence-corrected chi connectivity index (χ1v) is 7.98. The number of hydrogen-bond donors (Lipinski definition) is 1. The first kappa shape index (κ1) is 17.0. The largest absolute Gasteiger partial charge is 0.478 e. The maximum Gasteiger partial charge on any atom is 0.335 e. The van der Waals surface area contributed by atoms with Crippen LogP contribution in [0.2, 0.25) is 0 Å². The van der Waals surface area contributed by atoms with E-state index in [-0.39, 0.29) is 0 Å². The van der Waals surface area contributed by atoms with Crippen LogP contribution >= 0.6 is 15.9 Å². The molecule has 0 aliphatic carbocycles. The molecule has 0 amide bonds. The lowest BCUT2D eigenvalue weighted by atomic mass is 10.1. The van der Waals surface area contributed by atoms with Crippen molar-refractivity contribution in [3.8, 4) is 0 Å². The number of carboxylic acids is 1. The Kier molecular flexibility index (Phi) is 6.53. The van der Waals surface area contributed by atoms with Gasteiger partial charge in [-0.25, -0.2) is 4.79 Å². The van der Waals surface area contributed by atoms with Gasteiger partial charge in [-0.15, -0.1) is 0 Å². The molecule has 0 aromatic heterocycles. The Bertz CT molecular complexity index is 456. The van der Waals surface area contributed by atoms with E-state index in [0.717, 1.165) is 29.5 Å². The van der Waals surface area contributed by atoms with Crippen molar-refractivity contribution in [3.05, 3.63) is 28.2 Å². The molecule has 0 heterocycles. The summed E-state index contributed by atoms with van der Waals surface area (Å²) in [6.45, 7) is 9.66. The van der Waals surface area contributed by atoms with Crippen molar-refractivity contribution in [2.24, 2.45) is 5.92 Å². The normalized spacial score (nSPS) is 11.2. The lowest BCUT2D eigenvalue weighted by molar-refractivity contribution is 0.0697. The maximum absolute atomic E-state index is 11.2. The molecule has 0 spiro atoms. The molecule has 1 aromatic carbocycles. The summed E-state index contributed by atoms with van der Waals surface area (Å²) in [5.74, 6) is -0.357. The van der Waals surface area contributed by atoms with E-state index >= 15 is 0 Å². The number of benzene rings is 1. The van der Waals surface area contributed by atoms with Crippen LogP contribution in [0.3, 0.4) is 0 Å². The van der Waals surface area contributed by atoms with E-state index in [4.69, 9.17) is 0 Å². The molecule has 112 valence electrons. The quantitative estimate of drug-likeness (QED) is 0.774. The van der Waals surface area contributed by atoms with Crippen molar-refractivity contribution in [2.75, 3.05) is 11.4 Å². The number of carboxylic acid groups (broad SMARTS) is 1. The number of hydrogen-bond acceptors (Lipinski definition) is 2. The maximum atomic E-state index is 11.2. The lowest BCUT2D eigenvalue weighted by Gasteiger charge is -2.34. The van der Waals surface area contributed by atoms with Gasteiger partial charge in [0, 0.05) is 22.7 Å². The fourth-order valence-electron chi connectivity index (χ4n) is 2.45. The van der Waals surface area contributed by atoms with Crippen molar-refractivity contribution < 1.29 is 9.90 Å². The van der Waals surface area contributed by atoms with E-state index < -0.39 is 5.97 Å². The SMILES string of the molecule is CCC(CC)N(CC(C)C)c1cc(Br)cc(C(=O)O)c1. The average molecular weight is 342 g/mol. The fourth-order valence-corrected chi connectivity index (χ4v) is 2.93. The third-order valence-corrected chi connectivity index (χ3v) is 3.86. The molecule has 0 aliphatic rings. The van der Waals surface area contributed by atoms with Gasteiger partial charge in [-0.1, -0.05) is 43.6 Å². The van der Waals surface area contributed by atoms with Crippen LogP contribution in [0.25, 0.3) is 0 Å². The van der Waals surface area contributed by atoms with Gasteiger partial charge < -0.3 is 10.0 Å². The van der Waals surface area contributed by atoms with Crippen LogP contribution in [-0.4, -0.2) is 23.7 Å². The third-order valence-electron chi connectivity index (χ3n) is 3.41. The second-order valence-electron chi connectivity index (χ2n) is 5.52. The molecule has 0 atom stereocenters. The van der Waals surface area contributed by atoms with Gasteiger partial charge in [-0.2, -0.15) is 0 Å². The molecule has 1 N–H and O–H groups in total. The Hall–Kier alpha value is -1.03. The summed E-state index contributed by atoms with van der Waals surface area (Å²) >= 11 is 3.42. The van der Waals surface area contributed by atoms with Crippen LogP contribution in [0.15, 0.2) is 22.7 Å². The summed E-state index contributed by atoms with van der Waals surface area (Å²) in [7, 11) is 0. The van der Waals surface area contributed by atoms with Crippen LogP contribution in [0.4, 0.5) is 5.69 Å². The minimum Gasteiger partial charge on any atom is -0.478 e. The van der Waals surface area contributed by atoms with E-state index in [0.29, 0.717) is 17.5 Å². The fraction of sp³-hybridized carbons (Fsp3) is 0.562. The molecule has 0 fully saturated rings. The predicted octanol–water partition coefficient (Wildman–Crippen LogP) is 4.80.